The molecule has 13 heavy (non-hydrogen) atoms. The highest BCUT2D eigenvalue weighted by molar-refractivity contribution is 6.31. The van der Waals surface area contributed by atoms with Crippen molar-refractivity contribution in [2.75, 3.05) is 6.61 Å². The Morgan fingerprint density at radius 3 is 2.77 bits per heavy atom. The molecule has 1 aromatic carbocycles. The van der Waals surface area contributed by atoms with Gasteiger partial charge in [-0.3, -0.25) is 0 Å². The van der Waals surface area contributed by atoms with E-state index in [1.165, 1.54) is 0 Å². The lowest BCUT2D eigenvalue weighted by atomic mass is 10.1. The van der Waals surface area contributed by atoms with Crippen molar-refractivity contribution < 1.29 is 5.11 Å². The molecule has 0 heterocycles. The summed E-state index contributed by atoms with van der Waals surface area (Å²) in [5.74, 6) is 0. The third-order valence-corrected chi connectivity index (χ3v) is 2.05. The maximum Gasteiger partial charge on any atom is 0.101 e. The van der Waals surface area contributed by atoms with Gasteiger partial charge in [-0.2, -0.15) is 5.26 Å². The van der Waals surface area contributed by atoms with Crippen LogP contribution in [-0.4, -0.2) is 11.7 Å². The van der Waals surface area contributed by atoms with Crippen molar-refractivity contribution in [1.82, 2.24) is 0 Å². The monoisotopic (exact) mass is 196 g/mol. The van der Waals surface area contributed by atoms with Gasteiger partial charge < -0.3 is 10.8 Å². The minimum absolute atomic E-state index is 0.137. The Labute approximate surface area is 81.4 Å². The first kappa shape index (κ1) is 10.0. The highest BCUT2D eigenvalue weighted by atomic mass is 35.5. The molecular weight excluding hydrogens is 188 g/mol. The van der Waals surface area contributed by atoms with Crippen molar-refractivity contribution in [3.63, 3.8) is 0 Å². The molecule has 0 aromatic heterocycles. The summed E-state index contributed by atoms with van der Waals surface area (Å²) in [6.45, 7) is -0.137. The van der Waals surface area contributed by atoms with Gasteiger partial charge in [0.05, 0.1) is 23.2 Å². The van der Waals surface area contributed by atoms with Crippen LogP contribution in [0.25, 0.3) is 0 Å². The molecule has 0 aliphatic heterocycles. The summed E-state index contributed by atoms with van der Waals surface area (Å²) in [4.78, 5) is 0. The SMILES string of the molecule is N#Cc1ccc([C@H](N)CO)cc1Cl. The smallest absolute Gasteiger partial charge is 0.101 e. The highest BCUT2D eigenvalue weighted by Gasteiger charge is 2.06. The summed E-state index contributed by atoms with van der Waals surface area (Å²) >= 11 is 5.77. The van der Waals surface area contributed by atoms with Crippen LogP contribution in [0.15, 0.2) is 18.2 Å². The van der Waals surface area contributed by atoms with E-state index in [9.17, 15) is 0 Å². The lowest BCUT2D eigenvalue weighted by Crippen LogP contribution is -2.14. The Bertz CT molecular complexity index is 346. The van der Waals surface area contributed by atoms with Crippen molar-refractivity contribution in [1.29, 1.82) is 5.26 Å². The summed E-state index contributed by atoms with van der Waals surface area (Å²) in [6.07, 6.45) is 0. The Balaban J connectivity index is 3.04. The van der Waals surface area contributed by atoms with E-state index in [1.54, 1.807) is 18.2 Å². The molecule has 0 unspecified atom stereocenters. The van der Waals surface area contributed by atoms with Gasteiger partial charge >= 0.3 is 0 Å². The molecule has 1 atom stereocenters. The zero-order valence-electron chi connectivity index (χ0n) is 6.87. The normalized spacial score (nSPS) is 12.2. The second kappa shape index (κ2) is 4.24. The van der Waals surface area contributed by atoms with Crippen LogP contribution in [0.1, 0.15) is 17.2 Å². The average molecular weight is 197 g/mol. The zero-order valence-corrected chi connectivity index (χ0v) is 7.62. The Hall–Kier alpha value is -1.08. The largest absolute Gasteiger partial charge is 0.394 e. The zero-order chi connectivity index (χ0) is 9.84. The first-order valence-electron chi connectivity index (χ1n) is 3.75. The van der Waals surface area contributed by atoms with Crippen LogP contribution >= 0.6 is 11.6 Å². The number of aliphatic hydroxyl groups excluding tert-OH is 1. The summed E-state index contributed by atoms with van der Waals surface area (Å²) in [7, 11) is 0. The first-order valence-corrected chi connectivity index (χ1v) is 4.13. The Morgan fingerprint density at radius 1 is 1.62 bits per heavy atom. The van der Waals surface area contributed by atoms with E-state index in [0.29, 0.717) is 10.6 Å². The van der Waals surface area contributed by atoms with Gasteiger partial charge in [-0.05, 0) is 17.7 Å². The third kappa shape index (κ3) is 2.19. The predicted molar refractivity (Wildman–Crippen MR) is 50.2 cm³/mol. The summed E-state index contributed by atoms with van der Waals surface area (Å²) in [6, 6.07) is 6.38. The predicted octanol–water partition coefficient (Wildman–Crippen LogP) is 1.20. The molecule has 3 N–H and O–H groups in total. The summed E-state index contributed by atoms with van der Waals surface area (Å²) in [5, 5.41) is 17.7. The van der Waals surface area contributed by atoms with E-state index >= 15 is 0 Å². The molecule has 0 aliphatic carbocycles. The number of rotatable bonds is 2. The molecule has 0 amide bonds. The molecule has 68 valence electrons. The van der Waals surface area contributed by atoms with Crippen molar-refractivity contribution in [3.05, 3.63) is 34.3 Å². The maximum absolute atomic E-state index is 8.77. The first-order chi connectivity index (χ1) is 6.19. The van der Waals surface area contributed by atoms with Gasteiger partial charge in [0.1, 0.15) is 6.07 Å². The number of aliphatic hydroxyl groups is 1. The second-order valence-electron chi connectivity index (χ2n) is 2.64. The minimum Gasteiger partial charge on any atom is -0.394 e. The van der Waals surface area contributed by atoms with Gasteiger partial charge in [-0.25, -0.2) is 0 Å². The number of benzene rings is 1. The van der Waals surface area contributed by atoms with Gasteiger partial charge in [-0.15, -0.1) is 0 Å². The Morgan fingerprint density at radius 2 is 2.31 bits per heavy atom. The van der Waals surface area contributed by atoms with Crippen LogP contribution in [0.3, 0.4) is 0 Å². The van der Waals surface area contributed by atoms with Crippen LogP contribution in [-0.2, 0) is 0 Å². The van der Waals surface area contributed by atoms with Gasteiger partial charge in [0.2, 0.25) is 0 Å². The quantitative estimate of drug-likeness (QED) is 0.747. The van der Waals surface area contributed by atoms with Gasteiger partial charge in [0, 0.05) is 0 Å². The van der Waals surface area contributed by atoms with E-state index in [2.05, 4.69) is 0 Å². The average Bonchev–Trinajstić information content (AvgIpc) is 2.16. The molecule has 0 saturated heterocycles. The van der Waals surface area contributed by atoms with E-state index < -0.39 is 6.04 Å². The molecule has 0 aliphatic rings. The van der Waals surface area contributed by atoms with Crippen LogP contribution in [0, 0.1) is 11.3 Å². The number of nitrogens with zero attached hydrogens (tertiary/aromatic N) is 1. The fourth-order valence-electron chi connectivity index (χ4n) is 0.958. The minimum atomic E-state index is -0.440. The number of hydrogen-bond acceptors (Lipinski definition) is 3. The van der Waals surface area contributed by atoms with Crippen LogP contribution in [0.5, 0.6) is 0 Å². The molecule has 0 fully saturated rings. The number of hydrogen-bond donors (Lipinski definition) is 2. The molecule has 0 bridgehead atoms. The van der Waals surface area contributed by atoms with Crippen LogP contribution in [0.4, 0.5) is 0 Å². The highest BCUT2D eigenvalue weighted by Crippen LogP contribution is 2.19. The molecule has 0 radical (unpaired) electrons. The molecule has 1 rings (SSSR count). The molecule has 4 heteroatoms. The standard InChI is InChI=1S/C9H9ClN2O/c10-8-3-6(9(12)5-13)1-2-7(8)4-11/h1-3,9,13H,5,12H2/t9-/m1/s1. The maximum atomic E-state index is 8.77. The van der Waals surface area contributed by atoms with Crippen molar-refractivity contribution in [2.45, 2.75) is 6.04 Å². The molecule has 0 saturated carbocycles. The fraction of sp³-hybridized carbons (Fsp3) is 0.222. The van der Waals surface area contributed by atoms with E-state index in [0.717, 1.165) is 5.56 Å². The lowest BCUT2D eigenvalue weighted by molar-refractivity contribution is 0.268. The number of nitriles is 1. The summed E-state index contributed by atoms with van der Waals surface area (Å²) in [5.41, 5.74) is 6.70. The number of nitrogens with two attached hydrogens (primary N) is 1. The topological polar surface area (TPSA) is 70.0 Å². The van der Waals surface area contributed by atoms with Gasteiger partial charge in [0.15, 0.2) is 0 Å². The molecule has 3 nitrogen and oxygen atoms in total. The van der Waals surface area contributed by atoms with Crippen molar-refractivity contribution in [2.24, 2.45) is 5.73 Å². The molecular formula is C9H9ClN2O. The van der Waals surface area contributed by atoms with Crippen LogP contribution < -0.4 is 5.73 Å². The van der Waals surface area contributed by atoms with Crippen molar-refractivity contribution >= 4 is 11.6 Å². The van der Waals surface area contributed by atoms with E-state index in [1.807, 2.05) is 6.07 Å². The summed E-state index contributed by atoms with van der Waals surface area (Å²) < 4.78 is 0. The van der Waals surface area contributed by atoms with E-state index in [-0.39, 0.29) is 6.61 Å². The fourth-order valence-corrected chi connectivity index (χ4v) is 1.19. The Kier molecular flexibility index (Phi) is 3.26. The van der Waals surface area contributed by atoms with Crippen LogP contribution in [0.2, 0.25) is 5.02 Å². The van der Waals surface area contributed by atoms with Gasteiger partial charge in [0.25, 0.3) is 0 Å². The lowest BCUT2D eigenvalue weighted by Gasteiger charge is -2.08. The van der Waals surface area contributed by atoms with Crippen molar-refractivity contribution in [3.8, 4) is 6.07 Å². The van der Waals surface area contributed by atoms with E-state index in [4.69, 9.17) is 27.7 Å². The molecule has 0 spiro atoms. The number of halogens is 1. The van der Waals surface area contributed by atoms with Gasteiger partial charge in [-0.1, -0.05) is 17.7 Å². The third-order valence-electron chi connectivity index (χ3n) is 1.74. The molecule has 1 aromatic rings. The second-order valence-corrected chi connectivity index (χ2v) is 3.05.